The first-order valence-electron chi connectivity index (χ1n) is 11.8. The molecule has 2 aromatic rings. The maximum absolute atomic E-state index is 15.1. The number of carbonyl (C=O) groups is 3. The Labute approximate surface area is 227 Å². The van der Waals surface area contributed by atoms with Crippen LogP contribution in [0.2, 0.25) is 5.02 Å². The van der Waals surface area contributed by atoms with E-state index in [1.54, 1.807) is 13.8 Å². The third-order valence-corrected chi connectivity index (χ3v) is 6.98. The molecule has 1 aliphatic carbocycles. The molecule has 4 rings (SSSR count). The van der Waals surface area contributed by atoms with Crippen molar-refractivity contribution in [3.8, 4) is 17.2 Å². The number of ketones is 1. The second-order valence-corrected chi connectivity index (χ2v) is 10.4. The van der Waals surface area contributed by atoms with E-state index in [0.29, 0.717) is 0 Å². The summed E-state index contributed by atoms with van der Waals surface area (Å²) >= 11 is 6.09. The number of methoxy groups -OCH3 is 3. The molecule has 0 aromatic heterocycles. The Morgan fingerprint density at radius 3 is 2.13 bits per heavy atom. The number of hydrogen-bond acceptors (Lipinski definition) is 6. The van der Waals surface area contributed by atoms with Crippen molar-refractivity contribution < 1.29 is 41.8 Å². The highest BCUT2D eigenvalue weighted by Gasteiger charge is 2.72. The molecule has 2 aliphatic rings. The first kappa shape index (κ1) is 28.3. The second-order valence-electron chi connectivity index (χ2n) is 10.00. The number of rotatable bonds is 6. The highest BCUT2D eigenvalue weighted by molar-refractivity contribution is 6.31. The second kappa shape index (κ2) is 9.78. The SMILES string of the molecule is COc1cc(C(=O)N[C@]2(C(F)(F)F)C(=O)N(c3cccc(Cl)c3)C3=C2C(=O)CC(C)(C)C3)cc(OC)c1OC. The molecule has 0 saturated carbocycles. The zero-order chi connectivity index (χ0) is 28.9. The van der Waals surface area contributed by atoms with Crippen LogP contribution in [0.4, 0.5) is 18.9 Å². The Balaban J connectivity index is 1.93. The topological polar surface area (TPSA) is 94.2 Å². The minimum Gasteiger partial charge on any atom is -0.493 e. The first-order valence-corrected chi connectivity index (χ1v) is 12.1. The number of carbonyl (C=O) groups excluding carboxylic acids is 3. The van der Waals surface area contributed by atoms with Gasteiger partial charge >= 0.3 is 6.18 Å². The summed E-state index contributed by atoms with van der Waals surface area (Å²) < 4.78 is 61.0. The molecule has 0 bridgehead atoms. The summed E-state index contributed by atoms with van der Waals surface area (Å²) in [4.78, 5) is 41.6. The average molecular weight is 567 g/mol. The molecular weight excluding hydrogens is 541 g/mol. The number of halogens is 4. The van der Waals surface area contributed by atoms with Crippen LogP contribution in [0, 0.1) is 5.41 Å². The van der Waals surface area contributed by atoms with Crippen molar-refractivity contribution in [2.45, 2.75) is 38.4 Å². The lowest BCUT2D eigenvalue weighted by molar-refractivity contribution is -0.186. The van der Waals surface area contributed by atoms with Gasteiger partial charge in [-0.25, -0.2) is 0 Å². The number of nitrogens with one attached hydrogen (secondary N) is 1. The summed E-state index contributed by atoms with van der Waals surface area (Å²) in [7, 11) is 3.88. The maximum Gasteiger partial charge on any atom is 0.425 e. The molecule has 0 spiro atoms. The highest BCUT2D eigenvalue weighted by atomic mass is 35.5. The van der Waals surface area contributed by atoms with Crippen molar-refractivity contribution in [2.24, 2.45) is 5.41 Å². The lowest BCUT2D eigenvalue weighted by Crippen LogP contribution is -2.66. The number of ether oxygens (including phenoxy) is 3. The lowest BCUT2D eigenvalue weighted by Gasteiger charge is -2.35. The monoisotopic (exact) mass is 566 g/mol. The van der Waals surface area contributed by atoms with Crippen LogP contribution in [0.25, 0.3) is 0 Å². The number of Topliss-reactive ketones (excluding diaryl/α,β-unsaturated/α-hetero) is 1. The molecule has 0 radical (unpaired) electrons. The quantitative estimate of drug-likeness (QED) is 0.524. The van der Waals surface area contributed by atoms with E-state index in [-0.39, 0.29) is 52.1 Å². The summed E-state index contributed by atoms with van der Waals surface area (Å²) in [5.41, 5.74) is -5.59. The number of anilines is 1. The van der Waals surface area contributed by atoms with Gasteiger partial charge in [-0.3, -0.25) is 19.3 Å². The standard InChI is InChI=1S/C27H26ClF3N2O6/c1-25(2)12-17-21(18(34)13-25)26(27(29,30)31,24(36)33(17)16-8-6-7-15(28)11-16)32-23(35)14-9-19(37-3)22(39-5)20(10-14)38-4/h6-11H,12-13H2,1-5H3,(H,32,35)/t26-/m0/s1. The van der Waals surface area contributed by atoms with Crippen molar-refractivity contribution in [1.29, 1.82) is 0 Å². The van der Waals surface area contributed by atoms with Gasteiger partial charge in [0.15, 0.2) is 17.3 Å². The molecule has 1 atom stereocenters. The van der Waals surface area contributed by atoms with Crippen LogP contribution in [0.3, 0.4) is 0 Å². The zero-order valence-electron chi connectivity index (χ0n) is 21.8. The molecule has 39 heavy (non-hydrogen) atoms. The van der Waals surface area contributed by atoms with Crippen LogP contribution in [0.5, 0.6) is 17.2 Å². The molecule has 2 aromatic carbocycles. The summed E-state index contributed by atoms with van der Waals surface area (Å²) in [5.74, 6) is -3.57. The van der Waals surface area contributed by atoms with Gasteiger partial charge in [-0.2, -0.15) is 13.2 Å². The van der Waals surface area contributed by atoms with Gasteiger partial charge in [-0.1, -0.05) is 31.5 Å². The van der Waals surface area contributed by atoms with Gasteiger partial charge < -0.3 is 19.5 Å². The fraction of sp³-hybridized carbons (Fsp3) is 0.370. The van der Waals surface area contributed by atoms with Crippen molar-refractivity contribution in [2.75, 3.05) is 26.2 Å². The van der Waals surface area contributed by atoms with Crippen molar-refractivity contribution in [3.63, 3.8) is 0 Å². The summed E-state index contributed by atoms with van der Waals surface area (Å²) in [6.45, 7) is 3.44. The molecule has 1 heterocycles. The average Bonchev–Trinajstić information content (AvgIpc) is 3.10. The van der Waals surface area contributed by atoms with Crippen LogP contribution in [0.15, 0.2) is 47.7 Å². The van der Waals surface area contributed by atoms with E-state index in [1.807, 2.05) is 5.32 Å². The zero-order valence-corrected chi connectivity index (χ0v) is 22.5. The minimum atomic E-state index is -5.38. The predicted octanol–water partition coefficient (Wildman–Crippen LogP) is 5.09. The van der Waals surface area contributed by atoms with E-state index >= 15 is 13.2 Å². The van der Waals surface area contributed by atoms with Crippen LogP contribution < -0.4 is 24.4 Å². The Kier molecular flexibility index (Phi) is 7.09. The van der Waals surface area contributed by atoms with Crippen molar-refractivity contribution in [3.05, 3.63) is 58.3 Å². The number of nitrogens with zero attached hydrogens (tertiary/aromatic N) is 1. The fourth-order valence-electron chi connectivity index (χ4n) is 5.09. The van der Waals surface area contributed by atoms with Crippen molar-refractivity contribution in [1.82, 2.24) is 5.32 Å². The highest BCUT2D eigenvalue weighted by Crippen LogP contribution is 2.53. The Hall–Kier alpha value is -3.73. The lowest BCUT2D eigenvalue weighted by atomic mass is 9.72. The van der Waals surface area contributed by atoms with Gasteiger partial charge in [0.05, 0.1) is 32.6 Å². The predicted molar refractivity (Wildman–Crippen MR) is 136 cm³/mol. The van der Waals surface area contributed by atoms with E-state index in [2.05, 4.69) is 0 Å². The Bertz CT molecular complexity index is 1380. The molecule has 8 nitrogen and oxygen atoms in total. The number of amides is 2. The third-order valence-electron chi connectivity index (χ3n) is 6.74. The van der Waals surface area contributed by atoms with Crippen LogP contribution in [-0.4, -0.2) is 50.6 Å². The van der Waals surface area contributed by atoms with E-state index in [9.17, 15) is 14.4 Å². The number of hydrogen-bond donors (Lipinski definition) is 1. The van der Waals surface area contributed by atoms with Crippen LogP contribution >= 0.6 is 11.6 Å². The fourth-order valence-corrected chi connectivity index (χ4v) is 5.28. The van der Waals surface area contributed by atoms with Crippen LogP contribution in [-0.2, 0) is 9.59 Å². The third kappa shape index (κ3) is 4.58. The first-order chi connectivity index (χ1) is 18.2. The molecule has 2 amide bonds. The van der Waals surface area contributed by atoms with E-state index in [0.717, 1.165) is 17.0 Å². The van der Waals surface area contributed by atoms with E-state index in [4.69, 9.17) is 25.8 Å². The summed E-state index contributed by atoms with van der Waals surface area (Å²) in [5, 5.41) is 2.07. The molecule has 0 saturated heterocycles. The van der Waals surface area contributed by atoms with Gasteiger partial charge in [0.1, 0.15) is 0 Å². The molecule has 0 fully saturated rings. The number of alkyl halides is 3. The molecule has 208 valence electrons. The van der Waals surface area contributed by atoms with Gasteiger partial charge in [0.25, 0.3) is 11.8 Å². The van der Waals surface area contributed by atoms with Crippen LogP contribution in [0.1, 0.15) is 37.0 Å². The van der Waals surface area contributed by atoms with Gasteiger partial charge in [0, 0.05) is 22.7 Å². The largest absolute Gasteiger partial charge is 0.493 e. The molecule has 1 N–H and O–H groups in total. The smallest absolute Gasteiger partial charge is 0.425 e. The molecule has 12 heteroatoms. The molecule has 0 unspecified atom stereocenters. The minimum absolute atomic E-state index is 0.0109. The Morgan fingerprint density at radius 2 is 1.62 bits per heavy atom. The number of benzene rings is 2. The van der Waals surface area contributed by atoms with E-state index < -0.39 is 40.3 Å². The molecule has 1 aliphatic heterocycles. The normalized spacial score (nSPS) is 20.6. The Morgan fingerprint density at radius 1 is 1.00 bits per heavy atom. The van der Waals surface area contributed by atoms with Gasteiger partial charge in [-0.15, -0.1) is 0 Å². The van der Waals surface area contributed by atoms with Crippen molar-refractivity contribution >= 4 is 34.9 Å². The van der Waals surface area contributed by atoms with Gasteiger partial charge in [0.2, 0.25) is 11.3 Å². The summed E-state index contributed by atoms with van der Waals surface area (Å²) in [6.07, 6.45) is -5.66. The summed E-state index contributed by atoms with van der Waals surface area (Å²) in [6, 6.07) is 8.01. The number of allylic oxidation sites excluding steroid dienone is 1. The molecular formula is C27H26ClF3N2O6. The van der Waals surface area contributed by atoms with E-state index in [1.165, 1.54) is 45.6 Å². The van der Waals surface area contributed by atoms with Gasteiger partial charge in [-0.05, 0) is 42.2 Å². The maximum atomic E-state index is 15.1.